The molecular formula is C20H16AuN4. The molecule has 4 aromatic rings. The fraction of sp³-hybridized carbons (Fsp3) is 0. The van der Waals surface area contributed by atoms with E-state index in [0.717, 1.165) is 15.6 Å². The van der Waals surface area contributed by atoms with Crippen LogP contribution in [0.2, 0.25) is 0 Å². The summed E-state index contributed by atoms with van der Waals surface area (Å²) in [5.74, 6) is 0. The van der Waals surface area contributed by atoms with Crippen molar-refractivity contribution in [3.05, 3.63) is 97.6 Å². The third-order valence-corrected chi connectivity index (χ3v) is 12.6. The monoisotopic (exact) mass is 509 g/mol. The van der Waals surface area contributed by atoms with E-state index in [4.69, 9.17) is 19.9 Å². The third-order valence-electron chi connectivity index (χ3n) is 3.35. The van der Waals surface area contributed by atoms with Gasteiger partial charge in [-0.05, 0) is 0 Å². The predicted molar refractivity (Wildman–Crippen MR) is 95.5 cm³/mol. The molecule has 4 rings (SSSR count). The van der Waals surface area contributed by atoms with Crippen LogP contribution in [0.3, 0.4) is 0 Å². The molecule has 4 heterocycles. The quantitative estimate of drug-likeness (QED) is 0.386. The van der Waals surface area contributed by atoms with Crippen LogP contribution in [0.4, 0.5) is 0 Å². The molecule has 25 heavy (non-hydrogen) atoms. The number of hydrogen-bond donors (Lipinski definition) is 0. The summed E-state index contributed by atoms with van der Waals surface area (Å²) in [4.78, 5) is 19.0. The van der Waals surface area contributed by atoms with Crippen molar-refractivity contribution in [2.24, 2.45) is 0 Å². The Morgan fingerprint density at radius 2 is 0.680 bits per heavy atom. The summed E-state index contributed by atoms with van der Waals surface area (Å²) < 4.78 is 4.05. The van der Waals surface area contributed by atoms with Crippen LogP contribution in [0.1, 0.15) is 0 Å². The normalized spacial score (nSPS) is 11.8. The zero-order valence-corrected chi connectivity index (χ0v) is 15.5. The first-order valence-corrected chi connectivity index (χ1v) is 12.0. The fourth-order valence-corrected chi connectivity index (χ4v) is 11.1. The van der Waals surface area contributed by atoms with Crippen LogP contribution < -0.4 is 15.6 Å². The average Bonchev–Trinajstić information content (AvgIpc) is 2.72. The van der Waals surface area contributed by atoms with E-state index < -0.39 is 17.1 Å². The molecule has 0 N–H and O–H groups in total. The molecule has 127 valence electrons. The molecule has 0 amide bonds. The van der Waals surface area contributed by atoms with E-state index in [0.29, 0.717) is 0 Å². The van der Waals surface area contributed by atoms with E-state index in [-0.39, 0.29) is 0 Å². The Kier molecular flexibility index (Phi) is 4.48. The van der Waals surface area contributed by atoms with Crippen molar-refractivity contribution in [2.75, 3.05) is 0 Å². The maximum absolute atomic E-state index is 4.74. The molecule has 0 bridgehead atoms. The first-order valence-electron chi connectivity index (χ1n) is 7.68. The standard InChI is InChI=1S/4C5H4N.Au/c4*1-2-4-6-5-3-1;/h4*1-4H;. The van der Waals surface area contributed by atoms with Gasteiger partial charge in [0, 0.05) is 0 Å². The fourth-order valence-electron chi connectivity index (χ4n) is 2.33. The van der Waals surface area contributed by atoms with Crippen molar-refractivity contribution in [3.63, 3.8) is 0 Å². The first kappa shape index (κ1) is 15.8. The zero-order valence-electron chi connectivity index (χ0n) is 13.3. The van der Waals surface area contributed by atoms with Crippen LogP contribution >= 0.6 is 0 Å². The zero-order chi connectivity index (χ0) is 17.0. The second-order valence-electron chi connectivity index (χ2n) is 4.91. The number of rotatable bonds is 4. The summed E-state index contributed by atoms with van der Waals surface area (Å²) in [6.07, 6.45) is 7.34. The van der Waals surface area contributed by atoms with Crippen molar-refractivity contribution in [3.8, 4) is 0 Å². The van der Waals surface area contributed by atoms with Crippen LogP contribution in [-0.2, 0) is 17.1 Å². The van der Waals surface area contributed by atoms with Gasteiger partial charge in [0.05, 0.1) is 0 Å². The number of pyridine rings is 4. The van der Waals surface area contributed by atoms with E-state index >= 15 is 0 Å². The molecule has 0 aliphatic carbocycles. The van der Waals surface area contributed by atoms with Gasteiger partial charge in [0.15, 0.2) is 0 Å². The van der Waals surface area contributed by atoms with E-state index in [1.54, 1.807) is 0 Å². The average molecular weight is 509 g/mol. The Hall–Kier alpha value is -2.66. The summed E-state index contributed by atoms with van der Waals surface area (Å²) in [6.45, 7) is 0. The Bertz CT molecular complexity index is 769. The van der Waals surface area contributed by atoms with Gasteiger partial charge in [-0.15, -0.1) is 0 Å². The van der Waals surface area contributed by atoms with Crippen molar-refractivity contribution < 1.29 is 17.1 Å². The van der Waals surface area contributed by atoms with Gasteiger partial charge in [0.1, 0.15) is 0 Å². The minimum absolute atomic E-state index is 1.01. The van der Waals surface area contributed by atoms with Gasteiger partial charge in [-0.2, -0.15) is 0 Å². The van der Waals surface area contributed by atoms with E-state index in [1.807, 2.05) is 73.3 Å². The Morgan fingerprint density at radius 1 is 0.400 bits per heavy atom. The number of hydrogen-bond acceptors (Lipinski definition) is 4. The van der Waals surface area contributed by atoms with Gasteiger partial charge in [-0.25, -0.2) is 0 Å². The number of nitrogens with zero attached hydrogens (tertiary/aromatic N) is 4. The summed E-state index contributed by atoms with van der Waals surface area (Å²) in [5.41, 5.74) is 0. The molecule has 0 radical (unpaired) electrons. The van der Waals surface area contributed by atoms with E-state index in [9.17, 15) is 0 Å². The van der Waals surface area contributed by atoms with Crippen LogP contribution in [0, 0.1) is 0 Å². The summed E-state index contributed by atoms with van der Waals surface area (Å²) in [6, 6.07) is 24.1. The Morgan fingerprint density at radius 3 is 0.880 bits per heavy atom. The SMILES string of the molecule is c1cc[c]([Au]([c]2ccccn2)([c]2ccccn2)[c]2ccccn2)nc1. The minimum atomic E-state index is -3.24. The molecule has 0 atom stereocenters. The Labute approximate surface area is 150 Å². The summed E-state index contributed by atoms with van der Waals surface area (Å²) in [7, 11) is 0. The second-order valence-corrected chi connectivity index (χ2v) is 12.6. The van der Waals surface area contributed by atoms with Gasteiger partial charge in [0.25, 0.3) is 0 Å². The first-order chi connectivity index (χ1) is 12.4. The van der Waals surface area contributed by atoms with Gasteiger partial charge >= 0.3 is 150 Å². The molecule has 0 unspecified atom stereocenters. The molecule has 5 heteroatoms. The molecule has 0 aliphatic heterocycles. The molecular weight excluding hydrogens is 493 g/mol. The summed E-state index contributed by atoms with van der Waals surface area (Å²) in [5, 5.41) is 0. The van der Waals surface area contributed by atoms with Gasteiger partial charge in [0.2, 0.25) is 0 Å². The molecule has 0 spiro atoms. The Balaban J connectivity index is 2.13. The van der Waals surface area contributed by atoms with Crippen molar-refractivity contribution >= 4 is 15.6 Å². The van der Waals surface area contributed by atoms with Crippen LogP contribution in [-0.4, -0.2) is 19.9 Å². The van der Waals surface area contributed by atoms with Gasteiger partial charge < -0.3 is 0 Å². The molecule has 4 nitrogen and oxygen atoms in total. The predicted octanol–water partition coefficient (Wildman–Crippen LogP) is 1.02. The molecule has 0 saturated heterocycles. The van der Waals surface area contributed by atoms with Gasteiger partial charge in [-0.1, -0.05) is 0 Å². The maximum atomic E-state index is 4.74. The third kappa shape index (κ3) is 2.81. The van der Waals surface area contributed by atoms with E-state index in [1.165, 1.54) is 0 Å². The van der Waals surface area contributed by atoms with Gasteiger partial charge in [-0.3, -0.25) is 0 Å². The molecule has 0 aliphatic rings. The summed E-state index contributed by atoms with van der Waals surface area (Å²) >= 11 is -3.24. The molecule has 0 aromatic carbocycles. The van der Waals surface area contributed by atoms with Crippen molar-refractivity contribution in [1.82, 2.24) is 19.9 Å². The molecule has 0 fully saturated rings. The van der Waals surface area contributed by atoms with Crippen molar-refractivity contribution in [2.45, 2.75) is 0 Å². The van der Waals surface area contributed by atoms with Crippen LogP contribution in [0.25, 0.3) is 0 Å². The van der Waals surface area contributed by atoms with E-state index in [2.05, 4.69) is 24.3 Å². The van der Waals surface area contributed by atoms with Crippen molar-refractivity contribution in [1.29, 1.82) is 0 Å². The second kappa shape index (κ2) is 7.07. The van der Waals surface area contributed by atoms with Crippen LogP contribution in [0.5, 0.6) is 0 Å². The molecule has 0 saturated carbocycles. The van der Waals surface area contributed by atoms with Crippen LogP contribution in [0.15, 0.2) is 97.6 Å². The molecule has 4 aromatic heterocycles. The topological polar surface area (TPSA) is 51.6 Å². The number of aromatic nitrogens is 4.